The van der Waals surface area contributed by atoms with E-state index in [0.29, 0.717) is 5.75 Å². The fraction of sp³-hybridized carbons (Fsp3) is 0.500. The molecule has 0 saturated heterocycles. The van der Waals surface area contributed by atoms with E-state index in [1.165, 1.54) is 5.56 Å². The molecule has 1 aromatic carbocycles. The van der Waals surface area contributed by atoms with E-state index in [1.54, 1.807) is 0 Å². The van der Waals surface area contributed by atoms with Crippen molar-refractivity contribution in [2.45, 2.75) is 65.7 Å². The van der Waals surface area contributed by atoms with Gasteiger partial charge in [-0.3, -0.25) is 6.08 Å². The van der Waals surface area contributed by atoms with Gasteiger partial charge in [0.1, 0.15) is 5.75 Å². The van der Waals surface area contributed by atoms with Crippen LogP contribution in [-0.4, -0.2) is 5.11 Å². The van der Waals surface area contributed by atoms with Gasteiger partial charge < -0.3 is 17.5 Å². The monoisotopic (exact) mass is 368 g/mol. The Morgan fingerprint density at radius 2 is 1.39 bits per heavy atom. The Bertz CT molecular complexity index is 501. The van der Waals surface area contributed by atoms with E-state index in [4.69, 9.17) is 0 Å². The van der Waals surface area contributed by atoms with Crippen LogP contribution in [0.2, 0.25) is 0 Å². The molecule has 0 aliphatic heterocycles. The Kier molecular flexibility index (Phi) is 10.5. The van der Waals surface area contributed by atoms with Crippen molar-refractivity contribution in [2.75, 3.05) is 0 Å². The van der Waals surface area contributed by atoms with E-state index < -0.39 is 0 Å². The Morgan fingerprint density at radius 1 is 0.957 bits per heavy atom. The van der Waals surface area contributed by atoms with Gasteiger partial charge in [-0.2, -0.15) is 6.08 Å². The normalized spacial score (nSPS) is 12.8. The zero-order chi connectivity index (χ0) is 16.3. The number of hydrogen-bond donors (Lipinski definition) is 1. The van der Waals surface area contributed by atoms with Gasteiger partial charge in [-0.25, -0.2) is 12.2 Å². The second kappa shape index (κ2) is 9.72. The maximum Gasteiger partial charge on any atom is 0.123 e. The van der Waals surface area contributed by atoms with E-state index in [1.807, 2.05) is 12.2 Å². The first-order valence-electron chi connectivity index (χ1n) is 7.60. The average Bonchev–Trinajstić information content (AvgIpc) is 2.87. The molecule has 23 heavy (non-hydrogen) atoms. The first kappa shape index (κ1) is 24.8. The predicted molar refractivity (Wildman–Crippen MR) is 91.8 cm³/mol. The van der Waals surface area contributed by atoms with Crippen LogP contribution < -0.4 is 12.4 Å². The number of benzene rings is 1. The van der Waals surface area contributed by atoms with Crippen LogP contribution in [0.25, 0.3) is 0 Å². The Labute approximate surface area is 163 Å². The van der Waals surface area contributed by atoms with Crippen LogP contribution in [0.5, 0.6) is 5.75 Å². The number of phenols is 1. The molecule has 0 spiro atoms. The third-order valence-corrected chi connectivity index (χ3v) is 3.46. The molecular formula is C20H29ClOTi-2. The molecule has 0 amide bonds. The summed E-state index contributed by atoms with van der Waals surface area (Å²) in [5, 5.41) is 10.4. The largest absolute Gasteiger partial charge is 1.00 e. The fourth-order valence-electron chi connectivity index (χ4n) is 2.26. The molecule has 0 radical (unpaired) electrons. The first-order chi connectivity index (χ1) is 9.53. The molecule has 128 valence electrons. The molecule has 1 aliphatic carbocycles. The maximum absolute atomic E-state index is 10.4. The fourth-order valence-corrected chi connectivity index (χ4v) is 2.26. The molecule has 0 atom stereocenters. The zero-order valence-electron chi connectivity index (χ0n) is 15.4. The van der Waals surface area contributed by atoms with Crippen molar-refractivity contribution in [3.05, 3.63) is 53.1 Å². The Morgan fingerprint density at radius 3 is 1.61 bits per heavy atom. The number of rotatable bonds is 0. The maximum atomic E-state index is 10.4. The zero-order valence-corrected chi connectivity index (χ0v) is 17.7. The number of phenolic OH excluding ortho intramolecular Hbond substituents is 1. The molecule has 0 heterocycles. The molecule has 0 bridgehead atoms. The van der Waals surface area contributed by atoms with Crippen LogP contribution in [0.1, 0.15) is 64.7 Å². The van der Waals surface area contributed by atoms with Crippen LogP contribution >= 0.6 is 0 Å². The molecule has 3 heteroatoms. The molecule has 0 fully saturated rings. The first-order valence-corrected chi connectivity index (χ1v) is 7.60. The number of halogens is 1. The minimum atomic E-state index is -0.0178. The van der Waals surface area contributed by atoms with E-state index in [-0.39, 0.29) is 45.0 Å². The van der Waals surface area contributed by atoms with Gasteiger partial charge in [-0.05, 0) is 28.9 Å². The van der Waals surface area contributed by atoms with Crippen molar-refractivity contribution < 1.29 is 39.2 Å². The summed E-state index contributed by atoms with van der Waals surface area (Å²) in [6.45, 7) is 14.9. The van der Waals surface area contributed by atoms with E-state index in [0.717, 1.165) is 17.5 Å². The predicted octanol–water partition coefficient (Wildman–Crippen LogP) is 2.60. The van der Waals surface area contributed by atoms with Crippen LogP contribution in [0.3, 0.4) is 0 Å². The number of aromatic hydroxyl groups is 1. The van der Waals surface area contributed by atoms with E-state index >= 15 is 0 Å². The molecule has 1 aliphatic rings. The van der Waals surface area contributed by atoms with Gasteiger partial charge >= 0.3 is 0 Å². The molecule has 1 nitrogen and oxygen atoms in total. The van der Waals surface area contributed by atoms with Crippen LogP contribution in [-0.2, 0) is 32.5 Å². The Balaban J connectivity index is 0. The van der Waals surface area contributed by atoms with Gasteiger partial charge in [-0.1, -0.05) is 59.2 Å². The summed E-state index contributed by atoms with van der Waals surface area (Å²) in [7, 11) is 0. The third-order valence-electron chi connectivity index (χ3n) is 3.46. The summed E-state index contributed by atoms with van der Waals surface area (Å²) in [6.07, 6.45) is 10.0. The molecule has 1 aromatic rings. The van der Waals surface area contributed by atoms with Crippen molar-refractivity contribution in [3.63, 3.8) is 0 Å². The summed E-state index contributed by atoms with van der Waals surface area (Å²) < 4.78 is 0. The third kappa shape index (κ3) is 7.74. The quantitative estimate of drug-likeness (QED) is 0.551. The summed E-state index contributed by atoms with van der Waals surface area (Å²) in [5.41, 5.74) is 3.26. The van der Waals surface area contributed by atoms with Crippen LogP contribution in [0.4, 0.5) is 0 Å². The minimum absolute atomic E-state index is 0. The summed E-state index contributed by atoms with van der Waals surface area (Å²) in [6, 6.07) is 4.18. The second-order valence-corrected chi connectivity index (χ2v) is 7.71. The molecule has 2 rings (SSSR count). The van der Waals surface area contributed by atoms with Crippen LogP contribution in [0.15, 0.2) is 30.4 Å². The van der Waals surface area contributed by atoms with Gasteiger partial charge in [0.25, 0.3) is 0 Å². The molecule has 0 unspecified atom stereocenters. The standard InChI is InChI=1S/C15H24O.C5H5.ClH.Ti/c1-10-8-11(14(2,3)4)13(16)12(9-10)15(5,6)7;1-2-4-5-3-1;;/h8-9,16H,1-7H3;1-3H,4H2;1H;/q;-1;;/p-1. The van der Waals surface area contributed by atoms with Crippen molar-refractivity contribution in [3.8, 4) is 5.75 Å². The van der Waals surface area contributed by atoms with Crippen molar-refractivity contribution in [2.24, 2.45) is 0 Å². The van der Waals surface area contributed by atoms with Gasteiger partial charge in [0.05, 0.1) is 0 Å². The second-order valence-electron chi connectivity index (χ2n) is 7.71. The molecular weight excluding hydrogens is 340 g/mol. The average molecular weight is 369 g/mol. The van der Waals surface area contributed by atoms with E-state index in [2.05, 4.69) is 72.8 Å². The van der Waals surface area contributed by atoms with Gasteiger partial charge in [0.15, 0.2) is 0 Å². The number of allylic oxidation sites excluding steroid dienone is 4. The Hall–Kier alpha value is -0.496. The van der Waals surface area contributed by atoms with Crippen molar-refractivity contribution >= 4 is 0 Å². The number of hydrogen-bond acceptors (Lipinski definition) is 1. The molecule has 1 N–H and O–H groups in total. The summed E-state index contributed by atoms with van der Waals surface area (Å²) >= 11 is 0. The summed E-state index contributed by atoms with van der Waals surface area (Å²) in [4.78, 5) is 0. The minimum Gasteiger partial charge on any atom is -1.00 e. The number of aryl methyl sites for hydroxylation is 1. The van der Waals surface area contributed by atoms with Crippen LogP contribution in [0, 0.1) is 13.0 Å². The summed E-state index contributed by atoms with van der Waals surface area (Å²) in [5.74, 6) is 0.464. The van der Waals surface area contributed by atoms with E-state index in [9.17, 15) is 5.11 Å². The van der Waals surface area contributed by atoms with Gasteiger partial charge in [-0.15, -0.1) is 6.42 Å². The smallest absolute Gasteiger partial charge is 0.123 e. The SMILES string of the molecule is Cc1cc(C(C)(C)C)c(O)c(C(C)(C)C)c1.[C-]1=CC=CC1.[Cl-].[Ti]. The van der Waals surface area contributed by atoms with Gasteiger partial charge in [0.2, 0.25) is 0 Å². The van der Waals surface area contributed by atoms with Gasteiger partial charge in [0, 0.05) is 21.7 Å². The van der Waals surface area contributed by atoms with Crippen molar-refractivity contribution in [1.82, 2.24) is 0 Å². The molecule has 0 saturated carbocycles. The topological polar surface area (TPSA) is 20.2 Å². The van der Waals surface area contributed by atoms with Crippen molar-refractivity contribution in [1.29, 1.82) is 0 Å². The molecule has 0 aromatic heterocycles.